The Balaban J connectivity index is 5.29. The van der Waals surface area contributed by atoms with Crippen molar-refractivity contribution in [2.75, 3.05) is 25.6 Å². The summed E-state index contributed by atoms with van der Waals surface area (Å²) < 4.78 is 16.6. The molecule has 0 heterocycles. The quantitative estimate of drug-likeness (QED) is 0.418. The van der Waals surface area contributed by atoms with Crippen LogP contribution in [0.4, 0.5) is 0 Å². The molecular weight excluding hydrogens is 344 g/mol. The highest BCUT2D eigenvalue weighted by atomic mass is 32.3. The summed E-state index contributed by atoms with van der Waals surface area (Å²) in [6.07, 6.45) is -0.901. The van der Waals surface area contributed by atoms with Crippen molar-refractivity contribution in [2.24, 2.45) is 11.8 Å². The highest BCUT2D eigenvalue weighted by molar-refractivity contribution is 8.21. The van der Waals surface area contributed by atoms with Gasteiger partial charge in [-0.05, 0) is 27.2 Å². The van der Waals surface area contributed by atoms with E-state index in [2.05, 4.69) is 0 Å². The number of aliphatic carboxylic acids is 3. The molecule has 0 radical (unpaired) electrons. The maximum atomic E-state index is 11.4. The first-order chi connectivity index (χ1) is 11.2. The van der Waals surface area contributed by atoms with Crippen molar-refractivity contribution in [1.29, 1.82) is 0 Å². The van der Waals surface area contributed by atoms with Gasteiger partial charge in [0.15, 0.2) is 0 Å². The van der Waals surface area contributed by atoms with Gasteiger partial charge in [-0.15, -0.1) is 0 Å². The average molecular weight is 370 g/mol. The first kappa shape index (κ1) is 22.6. The van der Waals surface area contributed by atoms with Crippen LogP contribution in [0.25, 0.3) is 0 Å². The molecule has 0 aliphatic rings. The SMILES string of the molecule is CCOS(CCC(C(=O)O)C(CC(=O)O)C(=O)O)(OCC)OCC. The molecule has 0 aromatic rings. The summed E-state index contributed by atoms with van der Waals surface area (Å²) in [5, 5.41) is 27.3. The number of rotatable bonds is 14. The Kier molecular flexibility index (Phi) is 10.6. The van der Waals surface area contributed by atoms with E-state index in [4.69, 9.17) is 22.8 Å². The molecule has 24 heavy (non-hydrogen) atoms. The highest BCUT2D eigenvalue weighted by Crippen LogP contribution is 2.52. The highest BCUT2D eigenvalue weighted by Gasteiger charge is 2.38. The largest absolute Gasteiger partial charge is 0.481 e. The molecule has 0 saturated carbocycles. The Morgan fingerprint density at radius 1 is 0.833 bits per heavy atom. The Morgan fingerprint density at radius 2 is 1.25 bits per heavy atom. The molecule has 0 aliphatic carbocycles. The zero-order valence-electron chi connectivity index (χ0n) is 14.1. The zero-order valence-corrected chi connectivity index (χ0v) is 14.9. The van der Waals surface area contributed by atoms with Crippen LogP contribution in [0.15, 0.2) is 0 Å². The lowest BCUT2D eigenvalue weighted by Gasteiger charge is -2.37. The summed E-state index contributed by atoms with van der Waals surface area (Å²) >= 11 is 0. The standard InChI is InChI=1S/C14H26O9S/c1-4-21-24(22-5-2,23-6-3)8-7-10(13(17)18)11(14(19)20)9-12(15)16/h10-11H,4-9H2,1-3H3,(H,15,16)(H,17,18)(H,19,20). The number of carbonyl (C=O) groups is 3. The molecule has 0 aromatic heterocycles. The zero-order chi connectivity index (χ0) is 18.8. The van der Waals surface area contributed by atoms with Gasteiger partial charge in [0, 0.05) is 5.75 Å². The van der Waals surface area contributed by atoms with E-state index >= 15 is 0 Å². The van der Waals surface area contributed by atoms with E-state index in [1.807, 2.05) is 0 Å². The maximum absolute atomic E-state index is 11.4. The van der Waals surface area contributed by atoms with Gasteiger partial charge in [0.2, 0.25) is 0 Å². The van der Waals surface area contributed by atoms with Crippen LogP contribution in [0.1, 0.15) is 33.6 Å². The fraction of sp³-hybridized carbons (Fsp3) is 0.786. The number of hydrogen-bond acceptors (Lipinski definition) is 6. The van der Waals surface area contributed by atoms with Crippen LogP contribution in [-0.4, -0.2) is 58.8 Å². The molecule has 0 amide bonds. The second-order valence-corrected chi connectivity index (χ2v) is 6.99. The number of carboxylic acids is 3. The van der Waals surface area contributed by atoms with Crippen molar-refractivity contribution in [2.45, 2.75) is 33.6 Å². The summed E-state index contributed by atoms with van der Waals surface area (Å²) in [5.74, 6) is -7.08. The van der Waals surface area contributed by atoms with Gasteiger partial charge in [-0.25, -0.2) is 0 Å². The van der Waals surface area contributed by atoms with Crippen molar-refractivity contribution >= 4 is 28.8 Å². The number of carboxylic acid groups (broad SMARTS) is 3. The lowest BCUT2D eigenvalue weighted by atomic mass is 9.87. The van der Waals surface area contributed by atoms with Gasteiger partial charge in [-0.1, -0.05) is 0 Å². The molecule has 2 unspecified atom stereocenters. The summed E-state index contributed by atoms with van der Waals surface area (Å²) in [4.78, 5) is 33.5. The molecule has 10 heteroatoms. The minimum Gasteiger partial charge on any atom is -0.481 e. The molecule has 142 valence electrons. The van der Waals surface area contributed by atoms with Crippen molar-refractivity contribution < 1.29 is 42.3 Å². The third kappa shape index (κ3) is 7.47. The van der Waals surface area contributed by atoms with Gasteiger partial charge in [0.1, 0.15) is 0 Å². The molecule has 0 bridgehead atoms. The maximum Gasteiger partial charge on any atom is 0.307 e. The fourth-order valence-corrected chi connectivity index (χ4v) is 4.35. The normalized spacial score (nSPS) is 14.8. The van der Waals surface area contributed by atoms with Crippen molar-refractivity contribution in [3.05, 3.63) is 0 Å². The first-order valence-corrected chi connectivity index (χ1v) is 9.22. The molecule has 0 fully saturated rings. The molecule has 0 aliphatic heterocycles. The fourth-order valence-electron chi connectivity index (χ4n) is 2.18. The third-order valence-corrected chi connectivity index (χ3v) is 5.61. The van der Waals surface area contributed by atoms with Gasteiger partial charge < -0.3 is 15.3 Å². The number of hydrogen-bond donors (Lipinski definition) is 3. The Labute approximate surface area is 142 Å². The second-order valence-electron chi connectivity index (χ2n) is 4.76. The van der Waals surface area contributed by atoms with E-state index in [9.17, 15) is 19.5 Å². The van der Waals surface area contributed by atoms with E-state index in [1.54, 1.807) is 20.8 Å². The van der Waals surface area contributed by atoms with Gasteiger partial charge in [0.05, 0.1) is 48.9 Å². The minimum atomic E-state index is -2.47. The van der Waals surface area contributed by atoms with Crippen LogP contribution in [-0.2, 0) is 26.9 Å². The van der Waals surface area contributed by atoms with Crippen LogP contribution in [0.5, 0.6) is 0 Å². The molecule has 0 saturated heterocycles. The summed E-state index contributed by atoms with van der Waals surface area (Å²) in [7, 11) is -2.47. The van der Waals surface area contributed by atoms with Crippen molar-refractivity contribution in [1.82, 2.24) is 0 Å². The van der Waals surface area contributed by atoms with Crippen molar-refractivity contribution in [3.8, 4) is 0 Å². The first-order valence-electron chi connectivity index (χ1n) is 7.64. The Morgan fingerprint density at radius 3 is 1.54 bits per heavy atom. The van der Waals surface area contributed by atoms with E-state index in [-0.39, 0.29) is 32.0 Å². The van der Waals surface area contributed by atoms with E-state index in [1.165, 1.54) is 0 Å². The molecule has 2 atom stereocenters. The lowest BCUT2D eigenvalue weighted by molar-refractivity contribution is -0.157. The third-order valence-electron chi connectivity index (χ3n) is 3.09. The molecule has 0 spiro atoms. The smallest absolute Gasteiger partial charge is 0.307 e. The minimum absolute atomic E-state index is 0.0445. The predicted molar refractivity (Wildman–Crippen MR) is 86.5 cm³/mol. The van der Waals surface area contributed by atoms with Gasteiger partial charge in [-0.3, -0.25) is 26.9 Å². The van der Waals surface area contributed by atoms with Crippen LogP contribution in [0.3, 0.4) is 0 Å². The summed E-state index contributed by atoms with van der Waals surface area (Å²) in [6, 6.07) is 0. The summed E-state index contributed by atoms with van der Waals surface area (Å²) in [5.41, 5.74) is 0. The van der Waals surface area contributed by atoms with E-state index in [0.717, 1.165) is 0 Å². The Bertz CT molecular complexity index is 409. The molecule has 3 N–H and O–H groups in total. The van der Waals surface area contributed by atoms with Crippen LogP contribution in [0, 0.1) is 11.8 Å². The van der Waals surface area contributed by atoms with E-state index < -0.39 is 47.0 Å². The van der Waals surface area contributed by atoms with Gasteiger partial charge in [0.25, 0.3) is 0 Å². The van der Waals surface area contributed by atoms with Gasteiger partial charge >= 0.3 is 17.9 Å². The molecule has 9 nitrogen and oxygen atoms in total. The van der Waals surface area contributed by atoms with Crippen LogP contribution in [0.2, 0.25) is 0 Å². The molecular formula is C14H26O9S. The Hall–Kier alpha value is -1.36. The predicted octanol–water partition coefficient (Wildman–Crippen LogP) is 1.91. The van der Waals surface area contributed by atoms with Crippen molar-refractivity contribution in [3.63, 3.8) is 0 Å². The summed E-state index contributed by atoms with van der Waals surface area (Å²) in [6.45, 7) is 6.05. The van der Waals surface area contributed by atoms with Crippen LogP contribution < -0.4 is 0 Å². The lowest BCUT2D eigenvalue weighted by Crippen LogP contribution is -2.33. The molecule has 0 aromatic carbocycles. The van der Waals surface area contributed by atoms with Crippen LogP contribution >= 0.6 is 10.9 Å². The topological polar surface area (TPSA) is 140 Å². The molecule has 0 rings (SSSR count). The second kappa shape index (κ2) is 11.2. The van der Waals surface area contributed by atoms with Gasteiger partial charge in [-0.2, -0.15) is 0 Å². The monoisotopic (exact) mass is 370 g/mol. The van der Waals surface area contributed by atoms with E-state index in [0.29, 0.717) is 0 Å². The average Bonchev–Trinajstić information content (AvgIpc) is 2.46.